The SMILES string of the molecule is NC(=O)Nc1ccc(NC(=O)c2ccc(F)nc2)cc1. The van der Waals surface area contributed by atoms with Gasteiger partial charge in [0, 0.05) is 17.6 Å². The third-order valence-corrected chi connectivity index (χ3v) is 2.40. The quantitative estimate of drug-likeness (QED) is 0.746. The lowest BCUT2D eigenvalue weighted by Crippen LogP contribution is -2.19. The fourth-order valence-corrected chi connectivity index (χ4v) is 1.49. The van der Waals surface area contributed by atoms with Crippen LogP contribution in [0.1, 0.15) is 10.4 Å². The van der Waals surface area contributed by atoms with Crippen LogP contribution in [0.2, 0.25) is 0 Å². The minimum absolute atomic E-state index is 0.241. The van der Waals surface area contributed by atoms with Crippen molar-refractivity contribution in [2.24, 2.45) is 5.73 Å². The molecule has 2 aromatic rings. The van der Waals surface area contributed by atoms with Crippen molar-refractivity contribution in [1.29, 1.82) is 0 Å². The van der Waals surface area contributed by atoms with Gasteiger partial charge in [-0.25, -0.2) is 9.78 Å². The topological polar surface area (TPSA) is 97.1 Å². The number of urea groups is 1. The number of aromatic nitrogens is 1. The van der Waals surface area contributed by atoms with Crippen LogP contribution in [0.3, 0.4) is 0 Å². The highest BCUT2D eigenvalue weighted by atomic mass is 19.1. The van der Waals surface area contributed by atoms with Gasteiger partial charge in [0.2, 0.25) is 5.95 Å². The summed E-state index contributed by atoms with van der Waals surface area (Å²) in [6.07, 6.45) is 1.15. The Balaban J connectivity index is 2.04. The van der Waals surface area contributed by atoms with Crippen LogP contribution in [0.4, 0.5) is 20.6 Å². The molecule has 0 spiro atoms. The molecule has 0 atom stereocenters. The Kier molecular flexibility index (Phi) is 3.90. The maximum Gasteiger partial charge on any atom is 0.316 e. The van der Waals surface area contributed by atoms with Crippen LogP contribution < -0.4 is 16.4 Å². The first-order chi connectivity index (χ1) is 9.54. The normalized spacial score (nSPS) is 9.85. The molecule has 0 radical (unpaired) electrons. The first kappa shape index (κ1) is 13.5. The number of halogens is 1. The first-order valence-electron chi connectivity index (χ1n) is 5.64. The van der Waals surface area contributed by atoms with Gasteiger partial charge in [0.1, 0.15) is 0 Å². The second-order valence-corrected chi connectivity index (χ2v) is 3.89. The van der Waals surface area contributed by atoms with E-state index in [4.69, 9.17) is 5.73 Å². The Bertz CT molecular complexity index is 626. The van der Waals surface area contributed by atoms with Crippen LogP contribution in [0.5, 0.6) is 0 Å². The number of nitrogens with zero attached hydrogens (tertiary/aromatic N) is 1. The molecule has 102 valence electrons. The van der Waals surface area contributed by atoms with Gasteiger partial charge in [-0.2, -0.15) is 4.39 Å². The van der Waals surface area contributed by atoms with E-state index in [-0.39, 0.29) is 5.56 Å². The highest BCUT2D eigenvalue weighted by molar-refractivity contribution is 6.04. The summed E-state index contributed by atoms with van der Waals surface area (Å²) in [5, 5.41) is 5.01. The standard InChI is InChI=1S/C13H11FN4O2/c14-11-6-1-8(7-16-11)12(19)17-9-2-4-10(5-3-9)18-13(15)20/h1-7H,(H,17,19)(H3,15,18,20). The van der Waals surface area contributed by atoms with Crippen molar-refractivity contribution in [2.45, 2.75) is 0 Å². The number of carbonyl (C=O) groups is 2. The molecule has 6 nitrogen and oxygen atoms in total. The Labute approximate surface area is 113 Å². The van der Waals surface area contributed by atoms with Crippen molar-refractivity contribution < 1.29 is 14.0 Å². The van der Waals surface area contributed by atoms with E-state index in [2.05, 4.69) is 15.6 Å². The minimum atomic E-state index is -0.667. The first-order valence-corrected chi connectivity index (χ1v) is 5.64. The van der Waals surface area contributed by atoms with Crippen molar-refractivity contribution in [3.8, 4) is 0 Å². The zero-order chi connectivity index (χ0) is 14.5. The highest BCUT2D eigenvalue weighted by Gasteiger charge is 2.06. The number of hydrogen-bond acceptors (Lipinski definition) is 3. The maximum absolute atomic E-state index is 12.6. The smallest absolute Gasteiger partial charge is 0.316 e. The third kappa shape index (κ3) is 3.52. The lowest BCUT2D eigenvalue weighted by molar-refractivity contribution is 0.102. The Morgan fingerprint density at radius 1 is 1.00 bits per heavy atom. The lowest BCUT2D eigenvalue weighted by atomic mass is 10.2. The number of rotatable bonds is 3. The van der Waals surface area contributed by atoms with E-state index in [0.717, 1.165) is 12.3 Å². The van der Waals surface area contributed by atoms with Gasteiger partial charge in [-0.3, -0.25) is 4.79 Å². The predicted molar refractivity (Wildman–Crippen MR) is 71.8 cm³/mol. The van der Waals surface area contributed by atoms with Crippen LogP contribution in [0, 0.1) is 5.95 Å². The molecule has 1 aromatic carbocycles. The summed E-state index contributed by atoms with van der Waals surface area (Å²) in [4.78, 5) is 25.9. The highest BCUT2D eigenvalue weighted by Crippen LogP contribution is 2.14. The molecule has 0 bridgehead atoms. The number of amides is 3. The van der Waals surface area contributed by atoms with Crippen molar-refractivity contribution in [2.75, 3.05) is 10.6 Å². The summed E-state index contributed by atoms with van der Waals surface area (Å²) in [6.45, 7) is 0. The largest absolute Gasteiger partial charge is 0.351 e. The van der Waals surface area contributed by atoms with Crippen LogP contribution in [0.15, 0.2) is 42.6 Å². The monoisotopic (exact) mass is 274 g/mol. The van der Waals surface area contributed by atoms with Crippen LogP contribution in [-0.4, -0.2) is 16.9 Å². The van der Waals surface area contributed by atoms with E-state index in [1.165, 1.54) is 6.07 Å². The summed E-state index contributed by atoms with van der Waals surface area (Å²) < 4.78 is 12.6. The molecule has 0 aliphatic carbocycles. The maximum atomic E-state index is 12.6. The molecule has 0 aliphatic heterocycles. The summed E-state index contributed by atoms with van der Waals surface area (Å²) in [7, 11) is 0. The number of hydrogen-bond donors (Lipinski definition) is 3. The van der Waals surface area contributed by atoms with Gasteiger partial charge in [0.15, 0.2) is 0 Å². The number of anilines is 2. The van der Waals surface area contributed by atoms with E-state index in [0.29, 0.717) is 11.4 Å². The van der Waals surface area contributed by atoms with Gasteiger partial charge < -0.3 is 16.4 Å². The van der Waals surface area contributed by atoms with Crippen molar-refractivity contribution in [3.05, 3.63) is 54.1 Å². The van der Waals surface area contributed by atoms with Gasteiger partial charge in [0.05, 0.1) is 5.56 Å². The van der Waals surface area contributed by atoms with E-state index < -0.39 is 17.9 Å². The second kappa shape index (κ2) is 5.79. The average molecular weight is 274 g/mol. The number of pyridine rings is 1. The Morgan fingerprint density at radius 2 is 1.60 bits per heavy atom. The molecule has 0 saturated carbocycles. The number of nitrogens with one attached hydrogen (secondary N) is 2. The second-order valence-electron chi connectivity index (χ2n) is 3.89. The molecule has 0 fully saturated rings. The van der Waals surface area contributed by atoms with Gasteiger partial charge in [-0.15, -0.1) is 0 Å². The van der Waals surface area contributed by atoms with Gasteiger partial charge in [-0.05, 0) is 36.4 Å². The van der Waals surface area contributed by atoms with Gasteiger partial charge in [0.25, 0.3) is 5.91 Å². The van der Waals surface area contributed by atoms with Crippen molar-refractivity contribution >= 4 is 23.3 Å². The molecule has 20 heavy (non-hydrogen) atoms. The summed E-state index contributed by atoms with van der Waals surface area (Å²) >= 11 is 0. The zero-order valence-corrected chi connectivity index (χ0v) is 10.3. The van der Waals surface area contributed by atoms with Gasteiger partial charge in [-0.1, -0.05) is 0 Å². The molecular formula is C13H11FN4O2. The predicted octanol–water partition coefficient (Wildman–Crippen LogP) is 1.96. The minimum Gasteiger partial charge on any atom is -0.351 e. The molecule has 1 aromatic heterocycles. The Morgan fingerprint density at radius 3 is 2.10 bits per heavy atom. The zero-order valence-electron chi connectivity index (χ0n) is 10.3. The number of nitrogens with two attached hydrogens (primary N) is 1. The van der Waals surface area contributed by atoms with E-state index in [1.807, 2.05) is 0 Å². The fraction of sp³-hybridized carbons (Fsp3) is 0. The van der Waals surface area contributed by atoms with Crippen molar-refractivity contribution in [3.63, 3.8) is 0 Å². The molecule has 0 unspecified atom stereocenters. The summed E-state index contributed by atoms with van der Waals surface area (Å²) in [5.74, 6) is -1.06. The van der Waals surface area contributed by atoms with Crippen LogP contribution >= 0.6 is 0 Å². The van der Waals surface area contributed by atoms with Crippen LogP contribution in [0.25, 0.3) is 0 Å². The molecule has 1 heterocycles. The van der Waals surface area contributed by atoms with E-state index in [9.17, 15) is 14.0 Å². The molecule has 7 heteroatoms. The van der Waals surface area contributed by atoms with Crippen LogP contribution in [-0.2, 0) is 0 Å². The lowest BCUT2D eigenvalue weighted by Gasteiger charge is -2.06. The van der Waals surface area contributed by atoms with E-state index in [1.54, 1.807) is 24.3 Å². The fourth-order valence-electron chi connectivity index (χ4n) is 1.49. The number of benzene rings is 1. The van der Waals surface area contributed by atoms with E-state index >= 15 is 0 Å². The molecular weight excluding hydrogens is 263 g/mol. The average Bonchev–Trinajstić information content (AvgIpc) is 2.41. The molecule has 0 aliphatic rings. The summed E-state index contributed by atoms with van der Waals surface area (Å²) in [5.41, 5.74) is 6.25. The molecule has 4 N–H and O–H groups in total. The number of carbonyl (C=O) groups excluding carboxylic acids is 2. The molecule has 3 amide bonds. The van der Waals surface area contributed by atoms with Crippen molar-refractivity contribution in [1.82, 2.24) is 4.98 Å². The Hall–Kier alpha value is -2.96. The van der Waals surface area contributed by atoms with Gasteiger partial charge >= 0.3 is 6.03 Å². The number of primary amides is 1. The third-order valence-electron chi connectivity index (χ3n) is 2.40. The molecule has 2 rings (SSSR count). The molecule has 0 saturated heterocycles. The summed E-state index contributed by atoms with van der Waals surface area (Å²) in [6, 6.07) is 8.14.